The summed E-state index contributed by atoms with van der Waals surface area (Å²) >= 11 is 0. The number of hydrogen-bond donors (Lipinski definition) is 0. The van der Waals surface area contributed by atoms with Crippen LogP contribution in [0.3, 0.4) is 0 Å². The van der Waals surface area contributed by atoms with Crippen LogP contribution in [0.15, 0.2) is 12.3 Å². The van der Waals surface area contributed by atoms with E-state index in [9.17, 15) is 4.79 Å². The van der Waals surface area contributed by atoms with Crippen LogP contribution in [-0.4, -0.2) is 38.2 Å². The first-order chi connectivity index (χ1) is 6.31. The molecular weight excluding hydrogens is 176 g/mol. The van der Waals surface area contributed by atoms with Crippen molar-refractivity contribution in [3.8, 4) is 0 Å². The van der Waals surface area contributed by atoms with E-state index in [2.05, 4.69) is 4.74 Å². The van der Waals surface area contributed by atoms with Crippen LogP contribution in [0.1, 0.15) is 0 Å². The number of methoxy groups -OCH3 is 1. The van der Waals surface area contributed by atoms with Crippen LogP contribution in [0, 0.1) is 0 Å². The molecule has 3 unspecified atom stereocenters. The Balaban J connectivity index is 1.91. The van der Waals surface area contributed by atoms with Crippen molar-refractivity contribution < 1.29 is 23.7 Å². The maximum atomic E-state index is 10.8. The Hall–Kier alpha value is -1.23. The van der Waals surface area contributed by atoms with Gasteiger partial charge in [0.05, 0.1) is 20.0 Å². The average molecular weight is 186 g/mol. The smallest absolute Gasteiger partial charge is 0.491 e. The van der Waals surface area contributed by atoms with E-state index in [1.54, 1.807) is 12.3 Å². The van der Waals surface area contributed by atoms with E-state index in [-0.39, 0.29) is 18.3 Å². The van der Waals surface area contributed by atoms with E-state index in [4.69, 9.17) is 14.2 Å². The van der Waals surface area contributed by atoms with Gasteiger partial charge < -0.3 is 18.9 Å². The summed E-state index contributed by atoms with van der Waals surface area (Å²) in [4.78, 5) is 10.8. The fourth-order valence-electron chi connectivity index (χ4n) is 1.42. The number of carbonyl (C=O) groups is 1. The molecule has 0 N–H and O–H groups in total. The number of hydrogen-bond acceptors (Lipinski definition) is 5. The third-order valence-electron chi connectivity index (χ3n) is 2.06. The van der Waals surface area contributed by atoms with E-state index in [0.717, 1.165) is 0 Å². The summed E-state index contributed by atoms with van der Waals surface area (Å²) in [6, 6.07) is 0. The van der Waals surface area contributed by atoms with Crippen LogP contribution in [0.2, 0.25) is 0 Å². The molecule has 13 heavy (non-hydrogen) atoms. The minimum Gasteiger partial charge on any atom is -0.491 e. The van der Waals surface area contributed by atoms with Crippen molar-refractivity contribution in [2.45, 2.75) is 18.3 Å². The Bertz CT molecular complexity index is 237. The Morgan fingerprint density at radius 1 is 1.62 bits per heavy atom. The molecule has 0 aromatic carbocycles. The summed E-state index contributed by atoms with van der Waals surface area (Å²) in [5.41, 5.74) is 0. The van der Waals surface area contributed by atoms with Crippen molar-refractivity contribution in [1.82, 2.24) is 0 Å². The monoisotopic (exact) mass is 186 g/mol. The molecule has 0 bridgehead atoms. The van der Waals surface area contributed by atoms with E-state index in [1.165, 1.54) is 7.11 Å². The second-order valence-corrected chi connectivity index (χ2v) is 2.84. The summed E-state index contributed by atoms with van der Waals surface area (Å²) in [5, 5.41) is 0. The minimum atomic E-state index is -0.704. The standard InChI is InChI=1S/C8H10O5/c1-10-8(9)13-6-4-12-5-2-3-11-7(5)6/h2-3,5-7H,4H2,1H3. The van der Waals surface area contributed by atoms with Gasteiger partial charge in [0, 0.05) is 0 Å². The van der Waals surface area contributed by atoms with Gasteiger partial charge in [0.25, 0.3) is 0 Å². The lowest BCUT2D eigenvalue weighted by atomic mass is 10.2. The van der Waals surface area contributed by atoms with E-state index in [0.29, 0.717) is 6.61 Å². The molecule has 5 heteroatoms. The molecule has 0 amide bonds. The summed E-state index contributed by atoms with van der Waals surface area (Å²) < 4.78 is 19.8. The Labute approximate surface area is 75.2 Å². The van der Waals surface area contributed by atoms with Gasteiger partial charge in [-0.2, -0.15) is 0 Å². The maximum Gasteiger partial charge on any atom is 0.508 e. The second kappa shape index (κ2) is 3.26. The van der Waals surface area contributed by atoms with Gasteiger partial charge in [-0.05, 0) is 6.08 Å². The predicted octanol–water partition coefficient (Wildman–Crippen LogP) is 0.449. The highest BCUT2D eigenvalue weighted by Crippen LogP contribution is 2.26. The predicted molar refractivity (Wildman–Crippen MR) is 41.0 cm³/mol. The van der Waals surface area contributed by atoms with Crippen LogP contribution in [-0.2, 0) is 18.9 Å². The van der Waals surface area contributed by atoms with Crippen LogP contribution in [0.25, 0.3) is 0 Å². The molecule has 2 aliphatic heterocycles. The zero-order valence-corrected chi connectivity index (χ0v) is 7.14. The average Bonchev–Trinajstić information content (AvgIpc) is 2.69. The van der Waals surface area contributed by atoms with Gasteiger partial charge >= 0.3 is 6.16 Å². The van der Waals surface area contributed by atoms with Gasteiger partial charge in [-0.3, -0.25) is 0 Å². The van der Waals surface area contributed by atoms with Crippen LogP contribution < -0.4 is 0 Å². The number of rotatable bonds is 1. The lowest BCUT2D eigenvalue weighted by molar-refractivity contribution is -0.00606. The third kappa shape index (κ3) is 1.47. The lowest BCUT2D eigenvalue weighted by Gasteiger charge is -2.15. The summed E-state index contributed by atoms with van der Waals surface area (Å²) in [6.45, 7) is 0.356. The summed E-state index contributed by atoms with van der Waals surface area (Å²) in [7, 11) is 1.27. The van der Waals surface area contributed by atoms with Gasteiger partial charge in [-0.15, -0.1) is 0 Å². The normalized spacial score (nSPS) is 35.3. The molecule has 2 aliphatic rings. The Morgan fingerprint density at radius 2 is 2.46 bits per heavy atom. The van der Waals surface area contributed by atoms with Gasteiger partial charge in [-0.1, -0.05) is 0 Å². The molecule has 0 radical (unpaired) electrons. The van der Waals surface area contributed by atoms with Gasteiger partial charge in [-0.25, -0.2) is 4.79 Å². The van der Waals surface area contributed by atoms with Gasteiger partial charge in [0.1, 0.15) is 6.10 Å². The number of carbonyl (C=O) groups excluding carboxylic acids is 1. The molecule has 2 rings (SSSR count). The lowest BCUT2D eigenvalue weighted by Crippen LogP contribution is -2.32. The van der Waals surface area contributed by atoms with Gasteiger partial charge in [0.2, 0.25) is 0 Å². The SMILES string of the molecule is COC(=O)OC1COC2C=COC21. The highest BCUT2D eigenvalue weighted by atomic mass is 16.7. The number of ether oxygens (including phenoxy) is 4. The van der Waals surface area contributed by atoms with Crippen molar-refractivity contribution in [2.75, 3.05) is 13.7 Å². The first-order valence-electron chi connectivity index (χ1n) is 3.99. The van der Waals surface area contributed by atoms with E-state index < -0.39 is 6.16 Å². The zero-order valence-electron chi connectivity index (χ0n) is 7.14. The maximum absolute atomic E-state index is 10.8. The van der Waals surface area contributed by atoms with Crippen molar-refractivity contribution in [3.63, 3.8) is 0 Å². The molecule has 0 aromatic heterocycles. The van der Waals surface area contributed by atoms with Crippen LogP contribution in [0.4, 0.5) is 4.79 Å². The van der Waals surface area contributed by atoms with Crippen molar-refractivity contribution in [1.29, 1.82) is 0 Å². The number of fused-ring (bicyclic) bond motifs is 1. The molecular formula is C8H10O5. The van der Waals surface area contributed by atoms with Crippen molar-refractivity contribution >= 4 is 6.16 Å². The quantitative estimate of drug-likeness (QED) is 0.556. The first-order valence-corrected chi connectivity index (χ1v) is 3.99. The van der Waals surface area contributed by atoms with Crippen LogP contribution >= 0.6 is 0 Å². The van der Waals surface area contributed by atoms with Crippen molar-refractivity contribution in [3.05, 3.63) is 12.3 Å². The first kappa shape index (κ1) is 8.37. The van der Waals surface area contributed by atoms with E-state index >= 15 is 0 Å². The molecule has 1 fully saturated rings. The largest absolute Gasteiger partial charge is 0.508 e. The molecule has 0 aliphatic carbocycles. The molecule has 72 valence electrons. The van der Waals surface area contributed by atoms with Gasteiger partial charge in [0.15, 0.2) is 12.2 Å². The fourth-order valence-corrected chi connectivity index (χ4v) is 1.42. The van der Waals surface area contributed by atoms with Crippen molar-refractivity contribution in [2.24, 2.45) is 0 Å². The van der Waals surface area contributed by atoms with E-state index in [1.807, 2.05) is 0 Å². The minimum absolute atomic E-state index is 0.0883. The summed E-state index contributed by atoms with van der Waals surface area (Å²) in [5.74, 6) is 0. The summed E-state index contributed by atoms with van der Waals surface area (Å²) in [6.07, 6.45) is 1.99. The fraction of sp³-hybridized carbons (Fsp3) is 0.625. The Kier molecular flexibility index (Phi) is 2.10. The molecule has 1 saturated heterocycles. The second-order valence-electron chi connectivity index (χ2n) is 2.84. The topological polar surface area (TPSA) is 54.0 Å². The molecule has 0 aromatic rings. The molecule has 3 atom stereocenters. The third-order valence-corrected chi connectivity index (χ3v) is 2.06. The highest BCUT2D eigenvalue weighted by molar-refractivity contribution is 5.60. The molecule has 0 spiro atoms. The van der Waals surface area contributed by atoms with Crippen LogP contribution in [0.5, 0.6) is 0 Å². The molecule has 0 saturated carbocycles. The highest BCUT2D eigenvalue weighted by Gasteiger charge is 2.42. The molecule has 5 nitrogen and oxygen atoms in total. The zero-order chi connectivity index (χ0) is 9.26. The molecule has 2 heterocycles. The Morgan fingerprint density at radius 3 is 3.23 bits per heavy atom.